The number of carbonyl (C=O) groups is 2. The number of methoxy groups -OCH3 is 1. The van der Waals surface area contributed by atoms with Crippen molar-refractivity contribution in [1.82, 2.24) is 15.3 Å². The third-order valence-electron chi connectivity index (χ3n) is 6.02. The molecule has 2 unspecified atom stereocenters. The highest BCUT2D eigenvalue weighted by Gasteiger charge is 2.35. The number of hydrogen-bond donors (Lipinski definition) is 1. The number of carbonyl (C=O) groups excluding carboxylic acids is 2. The number of nitrogens with one attached hydrogen (secondary N) is 1. The number of rotatable bonds is 9. The SMILES string of the molecule is CCC1CC(=O)N(C(NC(=O)c2ccncc2)c2ccccc2)N=C1c1ccc(OC(F)F)c(OC)c1. The maximum absolute atomic E-state index is 13.3. The molecule has 8 nitrogen and oxygen atoms in total. The second-order valence-electron chi connectivity index (χ2n) is 8.30. The normalized spacial score (nSPS) is 16.2. The molecule has 3 aromatic rings. The lowest BCUT2D eigenvalue weighted by Crippen LogP contribution is -2.46. The van der Waals surface area contributed by atoms with E-state index in [2.05, 4.69) is 15.0 Å². The highest BCUT2D eigenvalue weighted by Crippen LogP contribution is 2.34. The molecule has 2 aromatic carbocycles. The monoisotopic (exact) mass is 508 g/mol. The van der Waals surface area contributed by atoms with Gasteiger partial charge in [-0.1, -0.05) is 37.3 Å². The molecule has 2 amide bonds. The lowest BCUT2D eigenvalue weighted by atomic mass is 9.89. The molecule has 0 saturated carbocycles. The Bertz CT molecular complexity index is 1270. The Morgan fingerprint density at radius 2 is 1.84 bits per heavy atom. The van der Waals surface area contributed by atoms with Crippen LogP contribution < -0.4 is 14.8 Å². The van der Waals surface area contributed by atoms with Crippen molar-refractivity contribution in [3.05, 3.63) is 89.7 Å². The molecule has 2 atom stereocenters. The highest BCUT2D eigenvalue weighted by atomic mass is 19.3. The van der Waals surface area contributed by atoms with Gasteiger partial charge in [0.05, 0.1) is 12.8 Å². The second-order valence-corrected chi connectivity index (χ2v) is 8.30. The smallest absolute Gasteiger partial charge is 0.387 e. The molecule has 37 heavy (non-hydrogen) atoms. The van der Waals surface area contributed by atoms with Gasteiger partial charge in [0, 0.05) is 35.9 Å². The number of pyridine rings is 1. The van der Waals surface area contributed by atoms with Gasteiger partial charge in [0.2, 0.25) is 5.91 Å². The Morgan fingerprint density at radius 3 is 2.49 bits per heavy atom. The van der Waals surface area contributed by atoms with Crippen molar-refractivity contribution in [2.45, 2.75) is 32.5 Å². The molecule has 0 radical (unpaired) electrons. The summed E-state index contributed by atoms with van der Waals surface area (Å²) in [5.74, 6) is -0.866. The first kappa shape index (κ1) is 25.7. The van der Waals surface area contributed by atoms with Gasteiger partial charge < -0.3 is 14.8 Å². The Labute approximate surface area is 212 Å². The zero-order chi connectivity index (χ0) is 26.4. The van der Waals surface area contributed by atoms with Crippen LogP contribution in [0, 0.1) is 5.92 Å². The van der Waals surface area contributed by atoms with Crippen molar-refractivity contribution in [2.75, 3.05) is 7.11 Å². The van der Waals surface area contributed by atoms with E-state index in [1.165, 1.54) is 30.6 Å². The average Bonchev–Trinajstić information content (AvgIpc) is 2.92. The number of benzene rings is 2. The van der Waals surface area contributed by atoms with E-state index in [0.29, 0.717) is 28.8 Å². The van der Waals surface area contributed by atoms with E-state index in [9.17, 15) is 18.4 Å². The van der Waals surface area contributed by atoms with Crippen LogP contribution in [0.25, 0.3) is 0 Å². The molecule has 10 heteroatoms. The summed E-state index contributed by atoms with van der Waals surface area (Å²) in [6, 6.07) is 16.7. The number of nitrogens with zero attached hydrogens (tertiary/aromatic N) is 3. The largest absolute Gasteiger partial charge is 0.493 e. The van der Waals surface area contributed by atoms with Gasteiger partial charge in [-0.3, -0.25) is 14.6 Å². The summed E-state index contributed by atoms with van der Waals surface area (Å²) in [5.41, 5.74) is 2.21. The third-order valence-corrected chi connectivity index (χ3v) is 6.02. The van der Waals surface area contributed by atoms with Crippen molar-refractivity contribution < 1.29 is 27.8 Å². The van der Waals surface area contributed by atoms with Crippen molar-refractivity contribution >= 4 is 17.5 Å². The van der Waals surface area contributed by atoms with Crippen molar-refractivity contribution in [2.24, 2.45) is 11.0 Å². The molecule has 192 valence electrons. The summed E-state index contributed by atoms with van der Waals surface area (Å²) in [6.45, 7) is -1.06. The standard InChI is InChI=1S/C27H26F2N4O4/c1-3-17-16-23(34)33(32-24(17)20-9-10-21(37-27(28)29)22(15-20)36-2)25(18-7-5-4-6-8-18)31-26(35)19-11-13-30-14-12-19/h4-15,17,25,27H,3,16H2,1-2H3,(H,31,35). The van der Waals surface area contributed by atoms with Gasteiger partial charge in [-0.05, 0) is 42.3 Å². The van der Waals surface area contributed by atoms with Crippen LogP contribution in [0.5, 0.6) is 11.5 Å². The highest BCUT2D eigenvalue weighted by molar-refractivity contribution is 6.06. The number of alkyl halides is 2. The van der Waals surface area contributed by atoms with Crippen LogP contribution in [-0.2, 0) is 4.79 Å². The number of amides is 2. The molecule has 2 heterocycles. The van der Waals surface area contributed by atoms with Crippen molar-refractivity contribution in [3.63, 3.8) is 0 Å². The lowest BCUT2D eigenvalue weighted by molar-refractivity contribution is -0.135. The van der Waals surface area contributed by atoms with E-state index in [0.717, 1.165) is 0 Å². The minimum absolute atomic E-state index is 0.106. The van der Waals surface area contributed by atoms with Crippen LogP contribution in [0.4, 0.5) is 8.78 Å². The topological polar surface area (TPSA) is 93.1 Å². The van der Waals surface area contributed by atoms with Gasteiger partial charge in [0.25, 0.3) is 5.91 Å². The van der Waals surface area contributed by atoms with Gasteiger partial charge in [0.1, 0.15) is 0 Å². The molecular weight excluding hydrogens is 482 g/mol. The fourth-order valence-electron chi connectivity index (χ4n) is 4.14. The van der Waals surface area contributed by atoms with Crippen LogP contribution in [0.2, 0.25) is 0 Å². The van der Waals surface area contributed by atoms with E-state index >= 15 is 0 Å². The molecule has 0 bridgehead atoms. The zero-order valence-electron chi connectivity index (χ0n) is 20.3. The molecule has 0 aliphatic carbocycles. The summed E-state index contributed by atoms with van der Waals surface area (Å²) in [5, 5.41) is 8.88. The number of halogens is 2. The summed E-state index contributed by atoms with van der Waals surface area (Å²) in [6.07, 6.45) is 2.91. The Hall–Kier alpha value is -4.34. The molecule has 0 saturated heterocycles. The van der Waals surface area contributed by atoms with E-state index in [1.807, 2.05) is 13.0 Å². The maximum atomic E-state index is 13.3. The van der Waals surface area contributed by atoms with Crippen LogP contribution >= 0.6 is 0 Å². The first-order valence-electron chi connectivity index (χ1n) is 11.7. The van der Waals surface area contributed by atoms with Crippen LogP contribution in [-0.4, -0.2) is 41.2 Å². The summed E-state index contributed by atoms with van der Waals surface area (Å²) >= 11 is 0. The zero-order valence-corrected chi connectivity index (χ0v) is 20.3. The van der Waals surface area contributed by atoms with Gasteiger partial charge in [-0.15, -0.1) is 0 Å². The lowest BCUT2D eigenvalue weighted by Gasteiger charge is -2.35. The van der Waals surface area contributed by atoms with Crippen LogP contribution in [0.1, 0.15) is 47.4 Å². The number of hydrogen-bond acceptors (Lipinski definition) is 6. The first-order valence-corrected chi connectivity index (χ1v) is 11.7. The van der Waals surface area contributed by atoms with Crippen molar-refractivity contribution in [1.29, 1.82) is 0 Å². The van der Waals surface area contributed by atoms with Crippen molar-refractivity contribution in [3.8, 4) is 11.5 Å². The number of hydrazone groups is 1. The number of aromatic nitrogens is 1. The van der Waals surface area contributed by atoms with Gasteiger partial charge in [-0.25, -0.2) is 5.01 Å². The molecular formula is C27H26F2N4O4. The Kier molecular flexibility index (Phi) is 8.07. The molecule has 1 aliphatic rings. The van der Waals surface area contributed by atoms with Crippen LogP contribution in [0.15, 0.2) is 78.2 Å². The van der Waals surface area contributed by atoms with Gasteiger partial charge in [0.15, 0.2) is 17.7 Å². The van der Waals surface area contributed by atoms with Gasteiger partial charge >= 0.3 is 6.61 Å². The molecule has 0 spiro atoms. The minimum atomic E-state index is -3.00. The Morgan fingerprint density at radius 1 is 1.11 bits per heavy atom. The van der Waals surface area contributed by atoms with E-state index in [-0.39, 0.29) is 29.7 Å². The third kappa shape index (κ3) is 5.91. The molecule has 1 N–H and O–H groups in total. The van der Waals surface area contributed by atoms with E-state index < -0.39 is 18.7 Å². The average molecular weight is 509 g/mol. The fourth-order valence-corrected chi connectivity index (χ4v) is 4.14. The quantitative estimate of drug-likeness (QED) is 0.449. The Balaban J connectivity index is 1.75. The summed E-state index contributed by atoms with van der Waals surface area (Å²) in [4.78, 5) is 30.3. The molecule has 1 aliphatic heterocycles. The summed E-state index contributed by atoms with van der Waals surface area (Å²) < 4.78 is 35.4. The maximum Gasteiger partial charge on any atom is 0.387 e. The second kappa shape index (κ2) is 11.6. The molecule has 1 aromatic heterocycles. The molecule has 4 rings (SSSR count). The minimum Gasteiger partial charge on any atom is -0.493 e. The number of ether oxygens (including phenoxy) is 2. The predicted octanol–water partition coefficient (Wildman–Crippen LogP) is 4.78. The molecule has 0 fully saturated rings. The van der Waals surface area contributed by atoms with Crippen LogP contribution in [0.3, 0.4) is 0 Å². The van der Waals surface area contributed by atoms with E-state index in [1.54, 1.807) is 48.5 Å². The summed E-state index contributed by atoms with van der Waals surface area (Å²) in [7, 11) is 1.35. The fraction of sp³-hybridized carbons (Fsp3) is 0.259. The van der Waals surface area contributed by atoms with E-state index in [4.69, 9.17) is 9.84 Å². The predicted molar refractivity (Wildman–Crippen MR) is 132 cm³/mol. The first-order chi connectivity index (χ1) is 17.9. The van der Waals surface area contributed by atoms with Gasteiger partial charge in [-0.2, -0.15) is 13.9 Å².